The van der Waals surface area contributed by atoms with Crippen LogP contribution in [0.2, 0.25) is 0 Å². The Morgan fingerprint density at radius 1 is 1.06 bits per heavy atom. The monoisotopic (exact) mass is 463 g/mol. The number of aryl methyl sites for hydroxylation is 1. The van der Waals surface area contributed by atoms with E-state index in [1.807, 2.05) is 38.1 Å². The van der Waals surface area contributed by atoms with E-state index in [0.29, 0.717) is 35.8 Å². The van der Waals surface area contributed by atoms with Gasteiger partial charge >= 0.3 is 0 Å². The van der Waals surface area contributed by atoms with Crippen LogP contribution < -0.4 is 15.5 Å². The van der Waals surface area contributed by atoms with E-state index in [-0.39, 0.29) is 23.6 Å². The van der Waals surface area contributed by atoms with Gasteiger partial charge in [0.15, 0.2) is 0 Å². The van der Waals surface area contributed by atoms with Gasteiger partial charge in [-0.25, -0.2) is 0 Å². The van der Waals surface area contributed by atoms with E-state index in [1.54, 1.807) is 29.2 Å². The van der Waals surface area contributed by atoms with Crippen LogP contribution in [0.4, 0.5) is 16.5 Å². The number of benzene rings is 2. The summed E-state index contributed by atoms with van der Waals surface area (Å²) in [6.45, 7) is 4.49. The second-order valence-electron chi connectivity index (χ2n) is 8.02. The van der Waals surface area contributed by atoms with Crippen LogP contribution in [0.25, 0.3) is 0 Å². The van der Waals surface area contributed by atoms with Crippen LogP contribution in [0.15, 0.2) is 48.5 Å². The number of amides is 3. The Hall–Kier alpha value is -3.59. The Balaban J connectivity index is 1.36. The number of carbonyl (C=O) groups excluding carboxylic acids is 3. The predicted molar refractivity (Wildman–Crippen MR) is 129 cm³/mol. The summed E-state index contributed by atoms with van der Waals surface area (Å²) in [6.07, 6.45) is 1.59. The number of rotatable bonds is 7. The highest BCUT2D eigenvalue weighted by Gasteiger charge is 2.34. The highest BCUT2D eigenvalue weighted by molar-refractivity contribution is 7.15. The van der Waals surface area contributed by atoms with Gasteiger partial charge in [0.1, 0.15) is 5.01 Å². The quantitative estimate of drug-likeness (QED) is 0.542. The van der Waals surface area contributed by atoms with E-state index < -0.39 is 0 Å². The first-order chi connectivity index (χ1) is 15.9. The maximum Gasteiger partial charge on any atom is 0.257 e. The van der Waals surface area contributed by atoms with Gasteiger partial charge in [-0.1, -0.05) is 36.0 Å². The molecule has 3 aromatic rings. The van der Waals surface area contributed by atoms with Gasteiger partial charge in [-0.05, 0) is 49.7 Å². The molecule has 0 radical (unpaired) electrons. The van der Waals surface area contributed by atoms with Crippen molar-refractivity contribution >= 4 is 45.6 Å². The molecule has 170 valence electrons. The second kappa shape index (κ2) is 9.91. The summed E-state index contributed by atoms with van der Waals surface area (Å²) in [6, 6.07) is 14.5. The van der Waals surface area contributed by atoms with E-state index >= 15 is 0 Å². The lowest BCUT2D eigenvalue weighted by molar-refractivity contribution is -0.117. The number of hydrogen-bond donors (Lipinski definition) is 2. The third kappa shape index (κ3) is 5.43. The fourth-order valence-corrected chi connectivity index (χ4v) is 4.45. The Morgan fingerprint density at radius 2 is 1.79 bits per heavy atom. The normalized spacial score (nSPS) is 15.5. The van der Waals surface area contributed by atoms with Crippen molar-refractivity contribution in [1.29, 1.82) is 0 Å². The molecular formula is C24H25N5O3S. The zero-order chi connectivity index (χ0) is 23.4. The van der Waals surface area contributed by atoms with Gasteiger partial charge in [0, 0.05) is 42.2 Å². The number of anilines is 3. The zero-order valence-corrected chi connectivity index (χ0v) is 19.3. The van der Waals surface area contributed by atoms with E-state index in [4.69, 9.17) is 0 Å². The molecule has 1 aliphatic rings. The van der Waals surface area contributed by atoms with Crippen LogP contribution in [0, 0.1) is 6.92 Å². The topological polar surface area (TPSA) is 104 Å². The minimum Gasteiger partial charge on any atom is -0.326 e. The fourth-order valence-electron chi connectivity index (χ4n) is 3.62. The van der Waals surface area contributed by atoms with Crippen LogP contribution >= 0.6 is 11.3 Å². The third-order valence-electron chi connectivity index (χ3n) is 5.39. The molecule has 2 heterocycles. The van der Waals surface area contributed by atoms with E-state index in [2.05, 4.69) is 20.8 Å². The number of nitrogens with one attached hydrogen (secondary N) is 2. The molecule has 9 heteroatoms. The van der Waals surface area contributed by atoms with Crippen LogP contribution in [0.1, 0.15) is 53.0 Å². The fraction of sp³-hybridized carbons (Fsp3) is 0.292. The standard InChI is InChI=1S/C24H25N5O3S/c1-3-4-20(30)25-18-9-7-16(8-10-18)22(32)26-24-28-27-23(33-24)17-13-21(31)29(14-17)19-11-5-15(2)6-12-19/h5-12,17H,3-4,13-14H2,1-2H3,(H,25,30)(H,26,28,32). The molecule has 4 rings (SSSR count). The summed E-state index contributed by atoms with van der Waals surface area (Å²) in [5, 5.41) is 15.0. The molecule has 1 aromatic heterocycles. The van der Waals surface area contributed by atoms with Crippen molar-refractivity contribution < 1.29 is 14.4 Å². The summed E-state index contributed by atoms with van der Waals surface area (Å²) in [4.78, 5) is 38.6. The molecule has 1 atom stereocenters. The smallest absolute Gasteiger partial charge is 0.257 e. The number of hydrogen-bond acceptors (Lipinski definition) is 6. The number of aromatic nitrogens is 2. The third-order valence-corrected chi connectivity index (χ3v) is 6.39. The van der Waals surface area contributed by atoms with E-state index in [9.17, 15) is 14.4 Å². The molecule has 1 unspecified atom stereocenters. The number of nitrogens with zero attached hydrogens (tertiary/aromatic N) is 3. The molecule has 3 amide bonds. The lowest BCUT2D eigenvalue weighted by atomic mass is 10.1. The average molecular weight is 464 g/mol. The second-order valence-corrected chi connectivity index (χ2v) is 9.03. The van der Waals surface area contributed by atoms with Crippen LogP contribution in [0.5, 0.6) is 0 Å². The maximum absolute atomic E-state index is 12.6. The summed E-state index contributed by atoms with van der Waals surface area (Å²) in [5.41, 5.74) is 3.11. The van der Waals surface area contributed by atoms with Gasteiger partial charge in [-0.2, -0.15) is 0 Å². The SMILES string of the molecule is CCCC(=O)Nc1ccc(C(=O)Nc2nnc(C3CC(=O)N(c4ccc(C)cc4)C3)s2)cc1. The Kier molecular flexibility index (Phi) is 6.79. The molecular weight excluding hydrogens is 438 g/mol. The van der Waals surface area contributed by atoms with Crippen LogP contribution in [-0.4, -0.2) is 34.5 Å². The van der Waals surface area contributed by atoms with Gasteiger partial charge < -0.3 is 10.2 Å². The van der Waals surface area contributed by atoms with E-state index in [1.165, 1.54) is 11.3 Å². The highest BCUT2D eigenvalue weighted by Crippen LogP contribution is 2.34. The zero-order valence-electron chi connectivity index (χ0n) is 18.5. The van der Waals surface area contributed by atoms with Crippen molar-refractivity contribution in [2.24, 2.45) is 0 Å². The Bertz CT molecular complexity index is 1160. The first kappa shape index (κ1) is 22.6. The average Bonchev–Trinajstić information content (AvgIpc) is 3.41. The molecule has 33 heavy (non-hydrogen) atoms. The van der Waals surface area contributed by atoms with Gasteiger partial charge in [-0.15, -0.1) is 10.2 Å². The summed E-state index contributed by atoms with van der Waals surface area (Å²) < 4.78 is 0. The lowest BCUT2D eigenvalue weighted by Gasteiger charge is -2.16. The van der Waals surface area contributed by atoms with E-state index in [0.717, 1.165) is 22.7 Å². The minimum atomic E-state index is -0.312. The summed E-state index contributed by atoms with van der Waals surface area (Å²) in [5.74, 6) is -0.376. The Labute approximate surface area is 196 Å². The van der Waals surface area contributed by atoms with Crippen LogP contribution in [-0.2, 0) is 9.59 Å². The molecule has 0 aliphatic carbocycles. The largest absolute Gasteiger partial charge is 0.326 e. The van der Waals surface area contributed by atoms with Gasteiger partial charge in [0.25, 0.3) is 5.91 Å². The molecule has 0 saturated carbocycles. The molecule has 0 bridgehead atoms. The van der Waals surface area contributed by atoms with Crippen molar-refractivity contribution in [1.82, 2.24) is 10.2 Å². The lowest BCUT2D eigenvalue weighted by Crippen LogP contribution is -2.24. The van der Waals surface area contributed by atoms with Crippen molar-refractivity contribution in [3.05, 3.63) is 64.7 Å². The molecule has 0 spiro atoms. The molecule has 1 saturated heterocycles. The first-order valence-electron chi connectivity index (χ1n) is 10.8. The summed E-state index contributed by atoms with van der Waals surface area (Å²) in [7, 11) is 0. The van der Waals surface area contributed by atoms with Crippen molar-refractivity contribution in [2.45, 2.75) is 39.0 Å². The summed E-state index contributed by atoms with van der Waals surface area (Å²) >= 11 is 1.28. The van der Waals surface area contributed by atoms with Crippen molar-refractivity contribution in [3.8, 4) is 0 Å². The van der Waals surface area contributed by atoms with Crippen molar-refractivity contribution in [2.75, 3.05) is 22.1 Å². The van der Waals surface area contributed by atoms with Gasteiger partial charge in [-0.3, -0.25) is 19.7 Å². The Morgan fingerprint density at radius 3 is 2.48 bits per heavy atom. The van der Waals surface area contributed by atoms with Gasteiger partial charge in [0.05, 0.1) is 0 Å². The van der Waals surface area contributed by atoms with Gasteiger partial charge in [0.2, 0.25) is 16.9 Å². The predicted octanol–water partition coefficient (Wildman–Crippen LogP) is 4.36. The number of carbonyl (C=O) groups is 3. The van der Waals surface area contributed by atoms with Crippen molar-refractivity contribution in [3.63, 3.8) is 0 Å². The molecule has 1 fully saturated rings. The first-order valence-corrected chi connectivity index (χ1v) is 11.7. The highest BCUT2D eigenvalue weighted by atomic mass is 32.1. The molecule has 2 aromatic carbocycles. The molecule has 1 aliphatic heterocycles. The minimum absolute atomic E-state index is 0.0516. The molecule has 2 N–H and O–H groups in total. The van der Waals surface area contributed by atoms with Crippen LogP contribution in [0.3, 0.4) is 0 Å². The maximum atomic E-state index is 12.6. The molecule has 8 nitrogen and oxygen atoms in total.